The third-order valence-electron chi connectivity index (χ3n) is 3.96. The largest absolute Gasteiger partial charge is 0.332 e. The molecule has 1 aromatic heterocycles. The van der Waals surface area contributed by atoms with E-state index in [0.717, 1.165) is 17.7 Å². The van der Waals surface area contributed by atoms with Crippen LogP contribution in [-0.4, -0.2) is 15.5 Å². The van der Waals surface area contributed by atoms with Crippen LogP contribution in [0.1, 0.15) is 22.8 Å². The standard InChI is InChI=1S/C18H17N3O2S/c1-3-11-5-4-6-13(9-11)19-16(22)12-7-8-14-15(10-12)20-18(24)21(2)17(14)23/h4-10H,3H2,1-2H3,(H,19,22)(H,20,24). The number of hydrogen-bond acceptors (Lipinski definition) is 3. The molecule has 2 N–H and O–H groups in total. The Hall–Kier alpha value is -2.73. The maximum absolute atomic E-state index is 12.5. The molecule has 3 aromatic rings. The van der Waals surface area contributed by atoms with Gasteiger partial charge < -0.3 is 10.3 Å². The molecule has 1 heterocycles. The van der Waals surface area contributed by atoms with E-state index >= 15 is 0 Å². The maximum Gasteiger partial charge on any atom is 0.261 e. The summed E-state index contributed by atoms with van der Waals surface area (Å²) in [4.78, 5) is 27.6. The summed E-state index contributed by atoms with van der Waals surface area (Å²) in [6, 6.07) is 12.6. The lowest BCUT2D eigenvalue weighted by atomic mass is 10.1. The molecule has 2 aromatic carbocycles. The van der Waals surface area contributed by atoms with Crippen molar-refractivity contribution in [3.63, 3.8) is 0 Å². The third-order valence-corrected chi connectivity index (χ3v) is 4.33. The van der Waals surface area contributed by atoms with E-state index in [9.17, 15) is 9.59 Å². The monoisotopic (exact) mass is 339 g/mol. The molecule has 24 heavy (non-hydrogen) atoms. The van der Waals surface area contributed by atoms with Gasteiger partial charge in [0.1, 0.15) is 0 Å². The van der Waals surface area contributed by atoms with Gasteiger partial charge in [0.25, 0.3) is 11.5 Å². The van der Waals surface area contributed by atoms with Gasteiger partial charge in [0.05, 0.1) is 10.9 Å². The van der Waals surface area contributed by atoms with Gasteiger partial charge in [-0.3, -0.25) is 14.2 Å². The van der Waals surface area contributed by atoms with Crippen molar-refractivity contribution in [2.24, 2.45) is 7.05 Å². The predicted molar refractivity (Wildman–Crippen MR) is 98.1 cm³/mol. The molecule has 0 bridgehead atoms. The lowest BCUT2D eigenvalue weighted by Crippen LogP contribution is -2.19. The van der Waals surface area contributed by atoms with Crippen LogP contribution in [0.4, 0.5) is 5.69 Å². The fourth-order valence-corrected chi connectivity index (χ4v) is 2.71. The van der Waals surface area contributed by atoms with Gasteiger partial charge in [-0.15, -0.1) is 0 Å². The van der Waals surface area contributed by atoms with Gasteiger partial charge in [-0.2, -0.15) is 0 Å². The van der Waals surface area contributed by atoms with Crippen LogP contribution in [0.5, 0.6) is 0 Å². The molecule has 1 amide bonds. The summed E-state index contributed by atoms with van der Waals surface area (Å²) >= 11 is 5.12. The minimum Gasteiger partial charge on any atom is -0.332 e. The average molecular weight is 339 g/mol. The summed E-state index contributed by atoms with van der Waals surface area (Å²) in [5, 5.41) is 3.37. The Morgan fingerprint density at radius 1 is 1.25 bits per heavy atom. The van der Waals surface area contributed by atoms with Crippen LogP contribution in [-0.2, 0) is 13.5 Å². The molecule has 0 spiro atoms. The first kappa shape index (κ1) is 16.1. The maximum atomic E-state index is 12.5. The second-order valence-corrected chi connectivity index (χ2v) is 5.95. The van der Waals surface area contributed by atoms with Crippen molar-refractivity contribution in [1.82, 2.24) is 9.55 Å². The highest BCUT2D eigenvalue weighted by atomic mass is 32.1. The highest BCUT2D eigenvalue weighted by molar-refractivity contribution is 7.71. The highest BCUT2D eigenvalue weighted by Crippen LogP contribution is 2.15. The molecule has 6 heteroatoms. The minimum atomic E-state index is -0.231. The molecule has 5 nitrogen and oxygen atoms in total. The summed E-state index contributed by atoms with van der Waals surface area (Å²) in [5.41, 5.74) is 2.73. The molecule has 3 rings (SSSR count). The number of amides is 1. The number of nitrogens with one attached hydrogen (secondary N) is 2. The van der Waals surface area contributed by atoms with Crippen LogP contribution in [0.25, 0.3) is 10.9 Å². The Kier molecular flexibility index (Phi) is 4.31. The quantitative estimate of drug-likeness (QED) is 0.719. The van der Waals surface area contributed by atoms with E-state index in [0.29, 0.717) is 21.2 Å². The molecular formula is C18H17N3O2S. The average Bonchev–Trinajstić information content (AvgIpc) is 2.59. The van der Waals surface area contributed by atoms with Gasteiger partial charge in [-0.05, 0) is 54.5 Å². The Morgan fingerprint density at radius 3 is 2.79 bits per heavy atom. The number of carbonyl (C=O) groups excluding carboxylic acids is 1. The zero-order valence-electron chi connectivity index (χ0n) is 13.4. The van der Waals surface area contributed by atoms with Crippen molar-refractivity contribution in [3.05, 3.63) is 68.7 Å². The van der Waals surface area contributed by atoms with Gasteiger partial charge >= 0.3 is 0 Å². The molecule has 122 valence electrons. The number of rotatable bonds is 3. The normalized spacial score (nSPS) is 10.8. The van der Waals surface area contributed by atoms with Crippen molar-refractivity contribution >= 4 is 34.7 Å². The molecule has 0 saturated heterocycles. The van der Waals surface area contributed by atoms with E-state index in [1.54, 1.807) is 25.2 Å². The molecule has 0 saturated carbocycles. The minimum absolute atomic E-state index is 0.184. The summed E-state index contributed by atoms with van der Waals surface area (Å²) < 4.78 is 1.69. The van der Waals surface area contributed by atoms with Gasteiger partial charge in [0, 0.05) is 18.3 Å². The zero-order chi connectivity index (χ0) is 17.3. The number of H-pyrrole nitrogens is 1. The van der Waals surface area contributed by atoms with E-state index in [1.165, 1.54) is 4.57 Å². The van der Waals surface area contributed by atoms with Crippen molar-refractivity contribution in [2.75, 3.05) is 5.32 Å². The first-order valence-electron chi connectivity index (χ1n) is 7.63. The Morgan fingerprint density at radius 2 is 2.04 bits per heavy atom. The summed E-state index contributed by atoms with van der Waals surface area (Å²) in [5.74, 6) is -0.231. The molecule has 0 fully saturated rings. The SMILES string of the molecule is CCc1cccc(NC(=O)c2ccc3c(=O)n(C)c(=S)[nH]c3c2)c1. The molecule has 0 unspecified atom stereocenters. The highest BCUT2D eigenvalue weighted by Gasteiger charge is 2.10. The number of benzene rings is 2. The van der Waals surface area contributed by atoms with Gasteiger partial charge in [0.15, 0.2) is 4.77 Å². The van der Waals surface area contributed by atoms with Crippen LogP contribution < -0.4 is 10.9 Å². The van der Waals surface area contributed by atoms with E-state index in [1.807, 2.05) is 24.3 Å². The number of nitrogens with zero attached hydrogens (tertiary/aromatic N) is 1. The second-order valence-electron chi connectivity index (χ2n) is 5.56. The third kappa shape index (κ3) is 3.00. The predicted octanol–water partition coefficient (Wildman–Crippen LogP) is 3.41. The Bertz CT molecular complexity index is 1050. The van der Waals surface area contributed by atoms with Crippen molar-refractivity contribution in [2.45, 2.75) is 13.3 Å². The first-order valence-corrected chi connectivity index (χ1v) is 8.04. The molecule has 0 atom stereocenters. The Balaban J connectivity index is 1.97. The van der Waals surface area contributed by atoms with Crippen LogP contribution in [0.2, 0.25) is 0 Å². The zero-order valence-corrected chi connectivity index (χ0v) is 14.2. The second kappa shape index (κ2) is 6.41. The van der Waals surface area contributed by atoms with E-state index < -0.39 is 0 Å². The number of aromatic nitrogens is 2. The van der Waals surface area contributed by atoms with E-state index in [4.69, 9.17) is 12.2 Å². The topological polar surface area (TPSA) is 66.9 Å². The fourth-order valence-electron chi connectivity index (χ4n) is 2.52. The molecule has 0 aliphatic heterocycles. The lowest BCUT2D eigenvalue weighted by molar-refractivity contribution is 0.102. The molecule has 0 aliphatic rings. The number of anilines is 1. The van der Waals surface area contributed by atoms with Crippen LogP contribution in [0.3, 0.4) is 0 Å². The first-order chi connectivity index (χ1) is 11.5. The van der Waals surface area contributed by atoms with Gasteiger partial charge in [-0.25, -0.2) is 0 Å². The molecule has 0 radical (unpaired) electrons. The van der Waals surface area contributed by atoms with E-state index in [2.05, 4.69) is 17.2 Å². The number of aryl methyl sites for hydroxylation is 1. The number of hydrogen-bond donors (Lipinski definition) is 2. The lowest BCUT2D eigenvalue weighted by Gasteiger charge is -2.08. The summed E-state index contributed by atoms with van der Waals surface area (Å²) in [7, 11) is 1.61. The number of fused-ring (bicyclic) bond motifs is 1. The fraction of sp³-hybridized carbons (Fsp3) is 0.167. The van der Waals surface area contributed by atoms with Gasteiger partial charge in [-0.1, -0.05) is 19.1 Å². The van der Waals surface area contributed by atoms with E-state index in [-0.39, 0.29) is 11.5 Å². The Labute approximate surface area is 144 Å². The smallest absolute Gasteiger partial charge is 0.261 e. The van der Waals surface area contributed by atoms with Gasteiger partial charge in [0.2, 0.25) is 0 Å². The van der Waals surface area contributed by atoms with Crippen LogP contribution in [0.15, 0.2) is 47.3 Å². The van der Waals surface area contributed by atoms with Crippen molar-refractivity contribution in [1.29, 1.82) is 0 Å². The molecule has 0 aliphatic carbocycles. The number of carbonyl (C=O) groups is 1. The van der Waals surface area contributed by atoms with Crippen molar-refractivity contribution < 1.29 is 4.79 Å². The summed E-state index contributed by atoms with van der Waals surface area (Å²) in [6.45, 7) is 2.06. The molecular weight excluding hydrogens is 322 g/mol. The summed E-state index contributed by atoms with van der Waals surface area (Å²) in [6.07, 6.45) is 0.902. The van der Waals surface area contributed by atoms with Crippen molar-refractivity contribution in [3.8, 4) is 0 Å². The van der Waals surface area contributed by atoms with Crippen LogP contribution >= 0.6 is 12.2 Å². The van der Waals surface area contributed by atoms with Crippen LogP contribution in [0, 0.1) is 4.77 Å². The number of aromatic amines is 1.